The monoisotopic (exact) mass is 261 g/mol. The fourth-order valence-corrected chi connectivity index (χ4v) is 4.50. The highest BCUT2D eigenvalue weighted by molar-refractivity contribution is 8.30. The topological polar surface area (TPSA) is 29.5 Å². The van der Waals surface area contributed by atoms with Crippen LogP contribution in [0, 0.1) is 0 Å². The maximum atomic E-state index is 11.7. The van der Waals surface area contributed by atoms with Crippen LogP contribution in [0.2, 0.25) is 0 Å². The van der Waals surface area contributed by atoms with Crippen molar-refractivity contribution < 1.29 is 14.0 Å². The molecule has 17 heavy (non-hydrogen) atoms. The maximum Gasteiger partial charge on any atom is 0.323 e. The second kappa shape index (κ2) is 3.87. The normalized spacial score (nSPS) is 29.4. The van der Waals surface area contributed by atoms with Crippen molar-refractivity contribution in [2.24, 2.45) is 0 Å². The van der Waals surface area contributed by atoms with Crippen molar-refractivity contribution in [1.29, 1.82) is 0 Å². The third-order valence-electron chi connectivity index (χ3n) is 3.91. The summed E-state index contributed by atoms with van der Waals surface area (Å²) in [5.74, 6) is -0.0420. The summed E-state index contributed by atoms with van der Waals surface area (Å²) < 4.78 is 9.09. The fraction of sp³-hybridized carbons (Fsp3) is 0.917. The van der Waals surface area contributed by atoms with Gasteiger partial charge in [-0.15, -0.1) is 0 Å². The van der Waals surface area contributed by atoms with Gasteiger partial charge in [-0.3, -0.25) is 4.79 Å². The van der Waals surface area contributed by atoms with Gasteiger partial charge in [0.25, 0.3) is 0 Å². The quantitative estimate of drug-likeness (QED) is 0.521. The van der Waals surface area contributed by atoms with Gasteiger partial charge in [-0.1, -0.05) is 0 Å². The van der Waals surface area contributed by atoms with Crippen molar-refractivity contribution in [3.8, 4) is 0 Å². The van der Waals surface area contributed by atoms with Crippen molar-refractivity contribution >= 4 is 16.2 Å². The molecule has 0 N–H and O–H groups in total. The molecule has 0 aromatic rings. The molecule has 0 aromatic carbocycles. The summed E-state index contributed by atoms with van der Waals surface area (Å²) in [6.45, 7) is 2.64. The third-order valence-corrected chi connectivity index (χ3v) is 5.69. The van der Waals surface area contributed by atoms with Gasteiger partial charge in [0.15, 0.2) is 5.72 Å². The van der Waals surface area contributed by atoms with E-state index < -0.39 is 10.2 Å². The number of piperidine rings is 1. The van der Waals surface area contributed by atoms with Crippen LogP contribution in [-0.2, 0) is 9.53 Å². The number of hydrogen-bond donors (Lipinski definition) is 0. The Bertz CT molecular complexity index is 326. The standard InChI is InChI=1S/C12H25N2O2S/c1-14(2)8-6-12(7-9-14)13(17(3,4)5)10-11(15)16-12/h6-10H2,1-5H3/q+1. The number of quaternary nitrogens is 1. The molecular weight excluding hydrogens is 236 g/mol. The molecule has 1 spiro atoms. The first-order chi connectivity index (χ1) is 7.65. The zero-order chi connectivity index (χ0) is 12.9. The lowest BCUT2D eigenvalue weighted by atomic mass is 9.99. The fourth-order valence-electron chi connectivity index (χ4n) is 2.79. The molecule has 0 bridgehead atoms. The van der Waals surface area contributed by atoms with E-state index in [9.17, 15) is 4.79 Å². The van der Waals surface area contributed by atoms with Crippen molar-refractivity contribution in [3.63, 3.8) is 0 Å². The molecule has 2 rings (SSSR count). The third kappa shape index (κ3) is 2.46. The van der Waals surface area contributed by atoms with E-state index in [4.69, 9.17) is 4.74 Å². The highest BCUT2D eigenvalue weighted by atomic mass is 32.3. The van der Waals surface area contributed by atoms with E-state index in [2.05, 4.69) is 37.2 Å². The van der Waals surface area contributed by atoms with Crippen LogP contribution in [0.5, 0.6) is 0 Å². The number of rotatable bonds is 1. The first-order valence-electron chi connectivity index (χ1n) is 6.15. The van der Waals surface area contributed by atoms with Gasteiger partial charge in [0, 0.05) is 0 Å². The Morgan fingerprint density at radius 3 is 2.24 bits per heavy atom. The van der Waals surface area contributed by atoms with Gasteiger partial charge in [0.05, 0.1) is 40.0 Å². The van der Waals surface area contributed by atoms with Crippen molar-refractivity contribution in [2.75, 3.05) is 52.5 Å². The van der Waals surface area contributed by atoms with Crippen molar-refractivity contribution in [2.45, 2.75) is 18.6 Å². The predicted molar refractivity (Wildman–Crippen MR) is 72.0 cm³/mol. The van der Waals surface area contributed by atoms with E-state index in [1.165, 1.54) is 0 Å². The SMILES string of the molecule is C[N+]1(C)CCC2(CC1)OC(=O)CN2S(C)(C)C. The average Bonchev–Trinajstić information content (AvgIpc) is 2.49. The van der Waals surface area contributed by atoms with Gasteiger partial charge in [-0.2, -0.15) is 10.2 Å². The van der Waals surface area contributed by atoms with E-state index in [0.29, 0.717) is 6.54 Å². The number of carbonyl (C=O) groups excluding carboxylic acids is 1. The summed E-state index contributed by atoms with van der Waals surface area (Å²) in [7, 11) is 3.60. The Kier molecular flexibility index (Phi) is 3.00. The van der Waals surface area contributed by atoms with Crippen LogP contribution in [0.4, 0.5) is 0 Å². The largest absolute Gasteiger partial charge is 0.441 e. The van der Waals surface area contributed by atoms with Crippen LogP contribution < -0.4 is 0 Å². The number of esters is 1. The minimum absolute atomic E-state index is 0.0420. The lowest BCUT2D eigenvalue weighted by Crippen LogP contribution is -2.57. The van der Waals surface area contributed by atoms with Crippen LogP contribution >= 0.6 is 10.2 Å². The zero-order valence-corrected chi connectivity index (χ0v) is 12.5. The molecule has 0 radical (unpaired) electrons. The molecule has 2 fully saturated rings. The van der Waals surface area contributed by atoms with E-state index in [1.54, 1.807) is 0 Å². The highest BCUT2D eigenvalue weighted by Gasteiger charge is 2.54. The molecule has 0 atom stereocenters. The first-order valence-corrected chi connectivity index (χ1v) is 8.96. The molecule has 5 heteroatoms. The van der Waals surface area contributed by atoms with Crippen molar-refractivity contribution in [1.82, 2.24) is 4.31 Å². The number of hydrogen-bond acceptors (Lipinski definition) is 3. The Hall–Kier alpha value is -0.260. The van der Waals surface area contributed by atoms with Crippen LogP contribution in [0.3, 0.4) is 0 Å². The number of ether oxygens (including phenoxy) is 1. The van der Waals surface area contributed by atoms with E-state index in [-0.39, 0.29) is 11.7 Å². The molecule has 2 heterocycles. The molecule has 2 aliphatic rings. The average molecular weight is 261 g/mol. The smallest absolute Gasteiger partial charge is 0.323 e. The molecule has 100 valence electrons. The van der Waals surface area contributed by atoms with Gasteiger partial charge >= 0.3 is 5.97 Å². The van der Waals surface area contributed by atoms with Crippen LogP contribution in [0.1, 0.15) is 12.8 Å². The highest BCUT2D eigenvalue weighted by Crippen LogP contribution is 2.51. The molecule has 4 nitrogen and oxygen atoms in total. The molecule has 0 aliphatic carbocycles. The van der Waals surface area contributed by atoms with Gasteiger partial charge in [0.2, 0.25) is 0 Å². The van der Waals surface area contributed by atoms with E-state index in [0.717, 1.165) is 30.4 Å². The van der Waals surface area contributed by atoms with Gasteiger partial charge in [-0.05, 0) is 18.8 Å². The minimum atomic E-state index is -0.900. The summed E-state index contributed by atoms with van der Waals surface area (Å²) in [5.41, 5.74) is -0.293. The summed E-state index contributed by atoms with van der Waals surface area (Å²) in [6, 6.07) is 0. The van der Waals surface area contributed by atoms with Gasteiger partial charge in [0.1, 0.15) is 6.54 Å². The van der Waals surface area contributed by atoms with Crippen LogP contribution in [0.25, 0.3) is 0 Å². The summed E-state index contributed by atoms with van der Waals surface area (Å²) in [4.78, 5) is 11.7. The molecular formula is C12H25N2O2S+. The molecule has 2 aliphatic heterocycles. The molecule has 0 unspecified atom stereocenters. The lowest BCUT2D eigenvalue weighted by Gasteiger charge is -2.50. The summed E-state index contributed by atoms with van der Waals surface area (Å²) in [5, 5.41) is 0. The summed E-state index contributed by atoms with van der Waals surface area (Å²) in [6.07, 6.45) is 8.66. The molecule has 0 saturated carbocycles. The van der Waals surface area contributed by atoms with Crippen molar-refractivity contribution in [3.05, 3.63) is 0 Å². The second-order valence-corrected chi connectivity index (χ2v) is 10.6. The second-order valence-electron chi connectivity index (χ2n) is 6.61. The number of carbonyl (C=O) groups is 1. The predicted octanol–water partition coefficient (Wildman–Crippen LogP) is 1.02. The Labute approximate surface area is 106 Å². The first kappa shape index (κ1) is 13.2. The molecule has 0 aromatic heterocycles. The summed E-state index contributed by atoms with van der Waals surface area (Å²) >= 11 is 0. The molecule has 0 amide bonds. The van der Waals surface area contributed by atoms with Crippen LogP contribution in [-0.4, -0.2) is 73.0 Å². The van der Waals surface area contributed by atoms with Gasteiger partial charge in [-0.25, -0.2) is 4.31 Å². The molecule has 2 saturated heterocycles. The van der Waals surface area contributed by atoms with Gasteiger partial charge < -0.3 is 9.22 Å². The minimum Gasteiger partial charge on any atom is -0.441 e. The Balaban J connectivity index is 2.21. The van der Waals surface area contributed by atoms with Crippen LogP contribution in [0.15, 0.2) is 0 Å². The maximum absolute atomic E-state index is 11.7. The van der Waals surface area contributed by atoms with E-state index in [1.807, 2.05) is 0 Å². The zero-order valence-electron chi connectivity index (χ0n) is 11.7. The Morgan fingerprint density at radius 2 is 1.76 bits per heavy atom. The lowest BCUT2D eigenvalue weighted by molar-refractivity contribution is -0.897. The Morgan fingerprint density at radius 1 is 1.24 bits per heavy atom. The number of likely N-dealkylation sites (tertiary alicyclic amines) is 1. The number of nitrogens with zero attached hydrogens (tertiary/aromatic N) is 2. The van der Waals surface area contributed by atoms with E-state index >= 15 is 0 Å².